The number of fused-ring (bicyclic) bond motifs is 1. The lowest BCUT2D eigenvalue weighted by molar-refractivity contribution is -0.384. The van der Waals surface area contributed by atoms with Gasteiger partial charge in [0.05, 0.1) is 33.3 Å². The van der Waals surface area contributed by atoms with Gasteiger partial charge in [0.1, 0.15) is 28.6 Å². The number of aromatic nitrogens is 2. The fourth-order valence-corrected chi connectivity index (χ4v) is 13.3. The molecule has 400 valence electrons. The van der Waals surface area contributed by atoms with Crippen molar-refractivity contribution in [2.24, 2.45) is 11.3 Å². The molecule has 76 heavy (non-hydrogen) atoms. The first kappa shape index (κ1) is 51.6. The summed E-state index contributed by atoms with van der Waals surface area (Å²) in [5.41, 5.74) is 4.86. The third-order valence-electron chi connectivity index (χ3n) is 16.9. The van der Waals surface area contributed by atoms with Crippen molar-refractivity contribution in [1.29, 1.82) is 0 Å². The van der Waals surface area contributed by atoms with Crippen molar-refractivity contribution >= 4 is 44.0 Å². The normalized spacial score (nSPS) is 22.4. The minimum atomic E-state index is -4.59. The number of carbonyl (C=O) groups is 1. The summed E-state index contributed by atoms with van der Waals surface area (Å²) in [5.74, 6) is 1.19. The molecule has 16 nitrogen and oxygen atoms in total. The van der Waals surface area contributed by atoms with Gasteiger partial charge < -0.3 is 29.8 Å². The number of nitrogens with one attached hydrogen (secondary N) is 3. The minimum Gasteiger partial charge on any atom is -0.490 e. The van der Waals surface area contributed by atoms with E-state index in [1.807, 2.05) is 19.1 Å². The Morgan fingerprint density at radius 2 is 1.67 bits per heavy atom. The van der Waals surface area contributed by atoms with Crippen LogP contribution in [0.2, 0.25) is 0 Å². The number of aliphatic hydroxyl groups is 1. The minimum absolute atomic E-state index is 0.0273. The summed E-state index contributed by atoms with van der Waals surface area (Å²) in [6.45, 7) is 12.3. The number of sulfonamides is 1. The maximum Gasteiger partial charge on any atom is 0.293 e. The van der Waals surface area contributed by atoms with E-state index in [9.17, 15) is 28.4 Å². The average molecular weight is 1050 g/mol. The molecule has 5 aliphatic rings. The zero-order valence-corrected chi connectivity index (χ0v) is 44.6. The molecule has 11 rings (SSSR count). The molecule has 1 atom stereocenters. The van der Waals surface area contributed by atoms with Crippen LogP contribution in [0.1, 0.15) is 124 Å². The Kier molecular flexibility index (Phi) is 14.3. The smallest absolute Gasteiger partial charge is 0.293 e. The lowest BCUT2D eigenvalue weighted by atomic mass is 9.59. The molecule has 3 aliphatic carbocycles. The van der Waals surface area contributed by atoms with E-state index in [0.29, 0.717) is 48.8 Å². The maximum absolute atomic E-state index is 14.1. The van der Waals surface area contributed by atoms with E-state index in [0.717, 1.165) is 114 Å². The van der Waals surface area contributed by atoms with Crippen LogP contribution in [0.5, 0.6) is 17.2 Å². The van der Waals surface area contributed by atoms with E-state index in [1.165, 1.54) is 28.8 Å². The Labute approximate surface area is 445 Å². The molecule has 5 fully saturated rings. The second-order valence-electron chi connectivity index (χ2n) is 22.8. The van der Waals surface area contributed by atoms with Crippen LogP contribution >= 0.6 is 0 Å². The number of pyridine rings is 1. The predicted molar refractivity (Wildman–Crippen MR) is 294 cm³/mol. The molecule has 17 heteroatoms. The van der Waals surface area contributed by atoms with Gasteiger partial charge in [-0.1, -0.05) is 56.3 Å². The number of nitrogens with zero attached hydrogens (tertiary/aromatic N) is 5. The number of piperazine rings is 1. The van der Waals surface area contributed by atoms with Gasteiger partial charge in [-0.25, -0.2) is 18.1 Å². The average Bonchev–Trinajstić information content (AvgIpc) is 4.10. The van der Waals surface area contributed by atoms with E-state index >= 15 is 0 Å². The van der Waals surface area contributed by atoms with Crippen molar-refractivity contribution in [2.45, 2.75) is 126 Å². The summed E-state index contributed by atoms with van der Waals surface area (Å²) < 4.78 is 42.7. The summed E-state index contributed by atoms with van der Waals surface area (Å²) in [6, 6.07) is 30.8. The van der Waals surface area contributed by atoms with Crippen molar-refractivity contribution in [3.8, 4) is 17.2 Å². The summed E-state index contributed by atoms with van der Waals surface area (Å²) >= 11 is 0. The molecule has 1 amide bonds. The number of para-hydroxylation sites is 1. The van der Waals surface area contributed by atoms with Gasteiger partial charge in [0.2, 0.25) is 0 Å². The topological polar surface area (TPSA) is 195 Å². The SMILES string of the molecule is CC(C)c1ccccc1C1CN(Cc2ccccc2OC2CC2)CCN1C1CC2(CCN(c3ccc(C(=O)NS(=O)(=O)c4ccc(NCC5CCC(C)(O)CC5)c([N+](=O)[O-])c4)c(Oc4cnc5[nH]ccc5c4)c3)CC2)C1. The van der Waals surface area contributed by atoms with Gasteiger partial charge in [-0.15, -0.1) is 0 Å². The molecular weight excluding hydrogens is 981 g/mol. The highest BCUT2D eigenvalue weighted by Gasteiger charge is 2.50. The number of rotatable bonds is 17. The first-order valence-corrected chi connectivity index (χ1v) is 28.7. The number of aromatic amines is 1. The first-order valence-electron chi connectivity index (χ1n) is 27.2. The number of H-pyrrole nitrogens is 1. The quantitative estimate of drug-likeness (QED) is 0.0498. The number of hydrogen-bond donors (Lipinski definition) is 4. The molecule has 2 saturated heterocycles. The monoisotopic (exact) mass is 1050 g/mol. The third-order valence-corrected chi connectivity index (χ3v) is 18.3. The molecule has 0 radical (unpaired) electrons. The first-order chi connectivity index (χ1) is 36.6. The fraction of sp³-hybridized carbons (Fsp3) is 0.458. The highest BCUT2D eigenvalue weighted by atomic mass is 32.2. The molecule has 6 aromatic rings. The number of nitro groups is 1. The molecular formula is C59H70N8O8S. The zero-order chi connectivity index (χ0) is 52.8. The molecule has 2 aromatic heterocycles. The van der Waals surface area contributed by atoms with E-state index in [4.69, 9.17) is 9.47 Å². The summed E-state index contributed by atoms with van der Waals surface area (Å²) in [4.78, 5) is 40.6. The van der Waals surface area contributed by atoms with Gasteiger partial charge in [-0.3, -0.25) is 24.7 Å². The second kappa shape index (κ2) is 21.1. The summed E-state index contributed by atoms with van der Waals surface area (Å²) in [7, 11) is -4.59. The van der Waals surface area contributed by atoms with Gasteiger partial charge in [-0.2, -0.15) is 0 Å². The van der Waals surface area contributed by atoms with Crippen LogP contribution in [0.3, 0.4) is 0 Å². The predicted octanol–water partition coefficient (Wildman–Crippen LogP) is 10.7. The van der Waals surface area contributed by atoms with Gasteiger partial charge in [0.15, 0.2) is 0 Å². The maximum atomic E-state index is 14.1. The molecule has 1 unspecified atom stereocenters. The lowest BCUT2D eigenvalue weighted by Crippen LogP contribution is -2.60. The number of carbonyl (C=O) groups excluding carboxylic acids is 1. The van der Waals surface area contributed by atoms with Crippen molar-refractivity contribution in [3.63, 3.8) is 0 Å². The molecule has 4 heterocycles. The molecule has 3 saturated carbocycles. The Morgan fingerprint density at radius 1 is 0.908 bits per heavy atom. The van der Waals surface area contributed by atoms with Gasteiger partial charge in [0.25, 0.3) is 21.6 Å². The Bertz CT molecular complexity index is 3200. The van der Waals surface area contributed by atoms with Crippen molar-refractivity contribution in [2.75, 3.05) is 49.5 Å². The van der Waals surface area contributed by atoms with Crippen LogP contribution in [0.15, 0.2) is 114 Å². The van der Waals surface area contributed by atoms with Crippen molar-refractivity contribution < 1.29 is 32.7 Å². The number of anilines is 2. The number of hydrogen-bond acceptors (Lipinski definition) is 13. The van der Waals surface area contributed by atoms with Gasteiger partial charge in [0, 0.05) is 92.9 Å². The number of nitro benzene ring substituents is 1. The third kappa shape index (κ3) is 11.3. The number of piperidine rings is 1. The van der Waals surface area contributed by atoms with Gasteiger partial charge in [-0.05, 0) is 142 Å². The molecule has 2 aliphatic heterocycles. The van der Waals surface area contributed by atoms with Crippen LogP contribution in [-0.4, -0.2) is 101 Å². The summed E-state index contributed by atoms with van der Waals surface area (Å²) in [5, 5.41) is 26.5. The molecule has 4 aromatic carbocycles. The van der Waals surface area contributed by atoms with Crippen LogP contribution < -0.4 is 24.4 Å². The molecule has 4 N–H and O–H groups in total. The van der Waals surface area contributed by atoms with E-state index < -0.39 is 37.0 Å². The van der Waals surface area contributed by atoms with Crippen molar-refractivity contribution in [1.82, 2.24) is 24.5 Å². The Hall–Kier alpha value is -6.53. The highest BCUT2D eigenvalue weighted by Crippen LogP contribution is 2.53. The van der Waals surface area contributed by atoms with E-state index in [2.05, 4.69) is 97.1 Å². The van der Waals surface area contributed by atoms with Crippen LogP contribution in [0, 0.1) is 21.4 Å². The molecule has 1 spiro atoms. The lowest BCUT2D eigenvalue weighted by Gasteiger charge is -2.58. The van der Waals surface area contributed by atoms with E-state index in [1.54, 1.807) is 30.6 Å². The largest absolute Gasteiger partial charge is 0.490 e. The van der Waals surface area contributed by atoms with Crippen LogP contribution in [-0.2, 0) is 16.6 Å². The molecule has 0 bridgehead atoms. The second-order valence-corrected chi connectivity index (χ2v) is 24.5. The number of ether oxygens (including phenoxy) is 2. The Morgan fingerprint density at radius 3 is 2.43 bits per heavy atom. The standard InChI is InChI=1S/C59H70N8O8S/c1-39(2)48-9-5-6-10-49(48)53-38-64(37-42-8-4-7-11-54(42)74-45-13-14-45)28-29-66(53)44-33-59(34-44)23-26-65(27-24-59)43-12-16-50(55(31-43)75-46-30-41-20-25-60-56(41)62-36-46)57(68)63-76(72,73)47-15-17-51(52(32-47)67(70)71)61-35-40-18-21-58(3,69)22-19-40/h4-12,15-17,20,25,30-32,36,39-40,44-45,53,61,69H,13-14,18-19,21-24,26-29,33-35,37-38H2,1-3H3,(H,60,62)(H,63,68). The zero-order valence-electron chi connectivity index (χ0n) is 43.7. The van der Waals surface area contributed by atoms with E-state index in [-0.39, 0.29) is 34.4 Å². The Balaban J connectivity index is 0.778. The number of benzene rings is 4. The van der Waals surface area contributed by atoms with Crippen LogP contribution in [0.4, 0.5) is 17.1 Å². The highest BCUT2D eigenvalue weighted by molar-refractivity contribution is 7.90. The van der Waals surface area contributed by atoms with Crippen molar-refractivity contribution in [3.05, 3.63) is 142 Å². The van der Waals surface area contributed by atoms with Crippen LogP contribution in [0.25, 0.3) is 11.0 Å². The summed E-state index contributed by atoms with van der Waals surface area (Å²) in [6.07, 6.45) is 13.1. The fourth-order valence-electron chi connectivity index (χ4n) is 12.3. The number of amides is 1. The van der Waals surface area contributed by atoms with Gasteiger partial charge >= 0.3 is 0 Å².